The first-order valence-corrected chi connectivity index (χ1v) is 8.14. The van der Waals surface area contributed by atoms with Gasteiger partial charge in [0.1, 0.15) is 11.5 Å². The lowest BCUT2D eigenvalue weighted by atomic mass is 10.1. The third kappa shape index (κ3) is 2.29. The summed E-state index contributed by atoms with van der Waals surface area (Å²) < 4.78 is 2.01. The highest BCUT2D eigenvalue weighted by atomic mass is 15.2. The minimum absolute atomic E-state index is 0.308. The molecular formula is C20H15N5. The molecule has 0 unspecified atom stereocenters. The van der Waals surface area contributed by atoms with Crippen LogP contribution in [0.4, 0.5) is 0 Å². The number of allylic oxidation sites excluding steroid dienone is 2. The quantitative estimate of drug-likeness (QED) is 0.744. The Bertz CT molecular complexity index is 1070. The van der Waals surface area contributed by atoms with Crippen LogP contribution < -0.4 is 0 Å². The summed E-state index contributed by atoms with van der Waals surface area (Å²) in [6.45, 7) is 0.693. The van der Waals surface area contributed by atoms with Gasteiger partial charge in [0.2, 0.25) is 0 Å². The Kier molecular flexibility index (Phi) is 2.94. The van der Waals surface area contributed by atoms with Gasteiger partial charge in [-0.2, -0.15) is 0 Å². The summed E-state index contributed by atoms with van der Waals surface area (Å²) in [5.74, 6) is 1.09. The Morgan fingerprint density at radius 3 is 2.80 bits per heavy atom. The summed E-state index contributed by atoms with van der Waals surface area (Å²) >= 11 is 0. The average molecular weight is 325 g/mol. The Hall–Kier alpha value is -3.47. The first-order chi connectivity index (χ1) is 12.3. The molecule has 0 amide bonds. The highest BCUT2D eigenvalue weighted by Crippen LogP contribution is 2.25. The maximum absolute atomic E-state index is 8.24. The van der Waals surface area contributed by atoms with E-state index in [0.29, 0.717) is 12.4 Å². The van der Waals surface area contributed by atoms with Crippen LogP contribution in [0.3, 0.4) is 0 Å². The zero-order chi connectivity index (χ0) is 16.8. The molecule has 2 aliphatic rings. The number of aromatic nitrogens is 2. The lowest BCUT2D eigenvalue weighted by Gasteiger charge is -2.23. The molecule has 120 valence electrons. The summed E-state index contributed by atoms with van der Waals surface area (Å²) in [7, 11) is 0. The SMILES string of the molecule is N=C1N=C2C=CC(c3cn4ccccc4n3)=CN2Cc2ccccc21. The summed E-state index contributed by atoms with van der Waals surface area (Å²) in [5, 5.41) is 8.24. The van der Waals surface area contributed by atoms with Gasteiger partial charge in [-0.05, 0) is 29.8 Å². The van der Waals surface area contributed by atoms with Gasteiger partial charge in [-0.15, -0.1) is 0 Å². The summed E-state index contributed by atoms with van der Waals surface area (Å²) in [6.07, 6.45) is 10.1. The van der Waals surface area contributed by atoms with Gasteiger partial charge in [-0.25, -0.2) is 9.98 Å². The van der Waals surface area contributed by atoms with Crippen LogP contribution in [0.5, 0.6) is 0 Å². The van der Waals surface area contributed by atoms with E-state index in [2.05, 4.69) is 22.2 Å². The van der Waals surface area contributed by atoms with Crippen molar-refractivity contribution in [2.45, 2.75) is 6.54 Å². The number of hydrogen-bond donors (Lipinski definition) is 1. The molecule has 0 fully saturated rings. The highest BCUT2D eigenvalue weighted by molar-refractivity contribution is 6.11. The van der Waals surface area contributed by atoms with E-state index in [1.807, 2.05) is 65.3 Å². The van der Waals surface area contributed by atoms with Crippen molar-refractivity contribution in [2.24, 2.45) is 4.99 Å². The van der Waals surface area contributed by atoms with E-state index in [9.17, 15) is 0 Å². The molecule has 0 saturated heterocycles. The zero-order valence-corrected chi connectivity index (χ0v) is 13.4. The number of fused-ring (bicyclic) bond motifs is 3. The predicted molar refractivity (Wildman–Crippen MR) is 98.6 cm³/mol. The van der Waals surface area contributed by atoms with E-state index in [-0.39, 0.29) is 0 Å². The van der Waals surface area contributed by atoms with E-state index in [0.717, 1.165) is 33.9 Å². The molecule has 0 aliphatic carbocycles. The molecule has 3 aromatic rings. The Morgan fingerprint density at radius 2 is 1.88 bits per heavy atom. The van der Waals surface area contributed by atoms with E-state index in [1.165, 1.54) is 0 Å². The Labute approximate surface area is 144 Å². The molecule has 0 bridgehead atoms. The fraction of sp³-hybridized carbons (Fsp3) is 0.0500. The third-order valence-electron chi connectivity index (χ3n) is 4.50. The Balaban J connectivity index is 1.58. The fourth-order valence-electron chi connectivity index (χ4n) is 3.24. The molecule has 1 N–H and O–H groups in total. The van der Waals surface area contributed by atoms with Crippen LogP contribution in [0.1, 0.15) is 16.8 Å². The topological polar surface area (TPSA) is 56.8 Å². The number of pyridine rings is 1. The van der Waals surface area contributed by atoms with Crippen molar-refractivity contribution in [3.63, 3.8) is 0 Å². The van der Waals surface area contributed by atoms with E-state index >= 15 is 0 Å². The van der Waals surface area contributed by atoms with Crippen LogP contribution in [0.15, 0.2) is 78.2 Å². The number of nitrogens with zero attached hydrogens (tertiary/aromatic N) is 4. The normalized spacial score (nSPS) is 16.2. The van der Waals surface area contributed by atoms with Gasteiger partial charge in [0.05, 0.1) is 5.69 Å². The first kappa shape index (κ1) is 13.9. The lowest BCUT2D eigenvalue weighted by molar-refractivity contribution is 0.558. The summed E-state index contributed by atoms with van der Waals surface area (Å²) in [6, 6.07) is 13.9. The zero-order valence-electron chi connectivity index (χ0n) is 13.4. The van der Waals surface area contributed by atoms with Gasteiger partial charge in [0.15, 0.2) is 5.84 Å². The molecule has 25 heavy (non-hydrogen) atoms. The first-order valence-electron chi connectivity index (χ1n) is 8.14. The van der Waals surface area contributed by atoms with Crippen LogP contribution in [0, 0.1) is 5.41 Å². The molecule has 0 spiro atoms. The second-order valence-corrected chi connectivity index (χ2v) is 6.11. The van der Waals surface area contributed by atoms with Crippen molar-refractivity contribution in [1.82, 2.24) is 14.3 Å². The van der Waals surface area contributed by atoms with Gasteiger partial charge in [-0.1, -0.05) is 30.3 Å². The second kappa shape index (κ2) is 5.27. The number of amidine groups is 2. The summed E-state index contributed by atoms with van der Waals surface area (Å²) in [5.41, 5.74) is 4.88. The largest absolute Gasteiger partial charge is 0.328 e. The van der Waals surface area contributed by atoms with Crippen molar-refractivity contribution >= 4 is 22.9 Å². The highest BCUT2D eigenvalue weighted by Gasteiger charge is 2.21. The van der Waals surface area contributed by atoms with Crippen molar-refractivity contribution in [3.05, 3.63) is 90.0 Å². The molecule has 2 aromatic heterocycles. The average Bonchev–Trinajstić information content (AvgIpc) is 3.01. The molecule has 5 nitrogen and oxygen atoms in total. The van der Waals surface area contributed by atoms with E-state index in [1.54, 1.807) is 0 Å². The number of rotatable bonds is 1. The van der Waals surface area contributed by atoms with Gasteiger partial charge >= 0.3 is 0 Å². The molecular weight excluding hydrogens is 310 g/mol. The molecule has 0 atom stereocenters. The molecule has 1 aromatic carbocycles. The van der Waals surface area contributed by atoms with Crippen LogP contribution in [-0.4, -0.2) is 26.0 Å². The maximum Gasteiger partial charge on any atom is 0.154 e. The lowest BCUT2D eigenvalue weighted by Crippen LogP contribution is -2.25. The third-order valence-corrected chi connectivity index (χ3v) is 4.50. The van der Waals surface area contributed by atoms with Gasteiger partial charge in [-0.3, -0.25) is 5.41 Å². The molecule has 0 radical (unpaired) electrons. The fourth-order valence-corrected chi connectivity index (χ4v) is 3.24. The number of hydrogen-bond acceptors (Lipinski definition) is 3. The van der Waals surface area contributed by atoms with E-state index in [4.69, 9.17) is 10.4 Å². The van der Waals surface area contributed by atoms with Gasteiger partial charge < -0.3 is 9.30 Å². The van der Waals surface area contributed by atoms with Crippen molar-refractivity contribution in [3.8, 4) is 0 Å². The van der Waals surface area contributed by atoms with Crippen LogP contribution in [0.2, 0.25) is 0 Å². The molecule has 5 rings (SSSR count). The minimum Gasteiger partial charge on any atom is -0.328 e. The van der Waals surface area contributed by atoms with Gasteiger partial charge in [0, 0.05) is 36.3 Å². The smallest absolute Gasteiger partial charge is 0.154 e. The molecule has 4 heterocycles. The molecule has 5 heteroatoms. The van der Waals surface area contributed by atoms with Crippen molar-refractivity contribution < 1.29 is 0 Å². The number of nitrogens with one attached hydrogen (secondary N) is 1. The second-order valence-electron chi connectivity index (χ2n) is 6.11. The number of benzene rings is 1. The molecule has 2 aliphatic heterocycles. The Morgan fingerprint density at radius 1 is 1.00 bits per heavy atom. The van der Waals surface area contributed by atoms with Crippen LogP contribution >= 0.6 is 0 Å². The van der Waals surface area contributed by atoms with Gasteiger partial charge in [0.25, 0.3) is 0 Å². The van der Waals surface area contributed by atoms with E-state index < -0.39 is 0 Å². The number of aliphatic imine (C=N–C) groups is 1. The predicted octanol–water partition coefficient (Wildman–Crippen LogP) is 3.48. The van der Waals surface area contributed by atoms with Crippen LogP contribution in [-0.2, 0) is 6.54 Å². The van der Waals surface area contributed by atoms with Crippen molar-refractivity contribution in [1.29, 1.82) is 5.41 Å². The standard InChI is InChI=1S/C20H15N5/c21-20-16-6-2-1-5-14(16)11-25-12-15(8-9-19(25)23-20)17-13-24-10-4-3-7-18(24)22-17/h1-10,12-13,21H,11H2. The van der Waals surface area contributed by atoms with Crippen molar-refractivity contribution in [2.75, 3.05) is 0 Å². The number of imidazole rings is 1. The monoisotopic (exact) mass is 325 g/mol. The minimum atomic E-state index is 0.308. The summed E-state index contributed by atoms with van der Waals surface area (Å²) in [4.78, 5) is 11.3. The molecule has 0 saturated carbocycles. The van der Waals surface area contributed by atoms with Crippen LogP contribution in [0.25, 0.3) is 11.2 Å². The maximum atomic E-state index is 8.24.